The van der Waals surface area contributed by atoms with E-state index >= 15 is 0 Å². The molecular weight excluding hydrogens is 250 g/mol. The van der Waals surface area contributed by atoms with Crippen molar-refractivity contribution in [1.29, 1.82) is 0 Å². The van der Waals surface area contributed by atoms with E-state index in [1.165, 1.54) is 25.9 Å². The highest BCUT2D eigenvalue weighted by atomic mass is 16.2. The Hall–Kier alpha value is -0.610. The summed E-state index contributed by atoms with van der Waals surface area (Å²) in [5.41, 5.74) is 0. The SMILES string of the molecule is CCCC1NC(CCC)N(CCCN2CCCC2)C1=O. The predicted molar refractivity (Wildman–Crippen MR) is 82.5 cm³/mol. The third-order valence-electron chi connectivity index (χ3n) is 4.56. The van der Waals surface area contributed by atoms with Gasteiger partial charge in [-0.2, -0.15) is 0 Å². The minimum atomic E-state index is 0.0725. The molecule has 1 amide bonds. The quantitative estimate of drug-likeness (QED) is 0.741. The Balaban J connectivity index is 1.80. The smallest absolute Gasteiger partial charge is 0.241 e. The van der Waals surface area contributed by atoms with E-state index in [9.17, 15) is 4.79 Å². The van der Waals surface area contributed by atoms with Crippen LogP contribution in [0.25, 0.3) is 0 Å². The van der Waals surface area contributed by atoms with Crippen LogP contribution in [0, 0.1) is 0 Å². The van der Waals surface area contributed by atoms with E-state index in [1.54, 1.807) is 0 Å². The van der Waals surface area contributed by atoms with Gasteiger partial charge < -0.3 is 9.80 Å². The Bertz CT molecular complexity index is 302. The summed E-state index contributed by atoms with van der Waals surface area (Å²) in [5, 5.41) is 3.53. The second-order valence-electron chi connectivity index (χ2n) is 6.25. The Morgan fingerprint density at radius 3 is 2.45 bits per heavy atom. The zero-order valence-corrected chi connectivity index (χ0v) is 13.2. The first kappa shape index (κ1) is 15.8. The van der Waals surface area contributed by atoms with Gasteiger partial charge in [-0.05, 0) is 51.7 Å². The molecule has 2 aliphatic heterocycles. The van der Waals surface area contributed by atoms with Crippen LogP contribution >= 0.6 is 0 Å². The average molecular weight is 281 g/mol. The number of hydrogen-bond donors (Lipinski definition) is 1. The van der Waals surface area contributed by atoms with Gasteiger partial charge in [-0.15, -0.1) is 0 Å². The lowest BCUT2D eigenvalue weighted by atomic mass is 10.1. The number of rotatable bonds is 8. The van der Waals surface area contributed by atoms with Gasteiger partial charge in [-0.25, -0.2) is 0 Å². The van der Waals surface area contributed by atoms with Crippen molar-refractivity contribution in [2.75, 3.05) is 26.2 Å². The maximum Gasteiger partial charge on any atom is 0.241 e. The molecule has 4 heteroatoms. The van der Waals surface area contributed by atoms with Gasteiger partial charge in [0.15, 0.2) is 0 Å². The van der Waals surface area contributed by atoms with Crippen molar-refractivity contribution < 1.29 is 4.79 Å². The van der Waals surface area contributed by atoms with Crippen molar-refractivity contribution in [2.24, 2.45) is 0 Å². The molecule has 2 unspecified atom stereocenters. The topological polar surface area (TPSA) is 35.6 Å². The fourth-order valence-electron chi connectivity index (χ4n) is 3.49. The summed E-state index contributed by atoms with van der Waals surface area (Å²) in [6.45, 7) is 8.93. The lowest BCUT2D eigenvalue weighted by Gasteiger charge is -2.25. The Labute approximate surface area is 123 Å². The van der Waals surface area contributed by atoms with Crippen molar-refractivity contribution >= 4 is 5.91 Å². The number of carbonyl (C=O) groups excluding carboxylic acids is 1. The van der Waals surface area contributed by atoms with Crippen LogP contribution in [0.3, 0.4) is 0 Å². The highest BCUT2D eigenvalue weighted by Gasteiger charge is 2.37. The summed E-state index contributed by atoms with van der Waals surface area (Å²) in [7, 11) is 0. The molecule has 20 heavy (non-hydrogen) atoms. The first-order chi connectivity index (χ1) is 9.76. The molecule has 2 aliphatic rings. The fraction of sp³-hybridized carbons (Fsp3) is 0.938. The third-order valence-corrected chi connectivity index (χ3v) is 4.56. The minimum absolute atomic E-state index is 0.0725. The molecule has 0 aliphatic carbocycles. The van der Waals surface area contributed by atoms with E-state index in [-0.39, 0.29) is 12.2 Å². The number of amides is 1. The van der Waals surface area contributed by atoms with E-state index < -0.39 is 0 Å². The van der Waals surface area contributed by atoms with Gasteiger partial charge in [-0.3, -0.25) is 10.1 Å². The highest BCUT2D eigenvalue weighted by Crippen LogP contribution is 2.19. The average Bonchev–Trinajstić information content (AvgIpc) is 3.03. The van der Waals surface area contributed by atoms with Crippen LogP contribution in [0.15, 0.2) is 0 Å². The number of nitrogens with one attached hydrogen (secondary N) is 1. The molecule has 0 aromatic carbocycles. The molecule has 0 bridgehead atoms. The van der Waals surface area contributed by atoms with Crippen molar-refractivity contribution in [3.63, 3.8) is 0 Å². The third kappa shape index (κ3) is 3.95. The second-order valence-corrected chi connectivity index (χ2v) is 6.25. The predicted octanol–water partition coefficient (Wildman–Crippen LogP) is 2.20. The van der Waals surface area contributed by atoms with Crippen LogP contribution in [-0.4, -0.2) is 54.1 Å². The molecule has 2 atom stereocenters. The van der Waals surface area contributed by atoms with Gasteiger partial charge >= 0.3 is 0 Å². The summed E-state index contributed by atoms with van der Waals surface area (Å²) in [5.74, 6) is 0.340. The number of carbonyl (C=O) groups is 1. The standard InChI is InChI=1S/C16H31N3O/c1-3-8-14-16(20)19(15(17-14)9-4-2)13-7-12-18-10-5-6-11-18/h14-15,17H,3-13H2,1-2H3. The van der Waals surface area contributed by atoms with Gasteiger partial charge in [0.1, 0.15) is 0 Å². The van der Waals surface area contributed by atoms with Gasteiger partial charge in [0, 0.05) is 6.54 Å². The van der Waals surface area contributed by atoms with Crippen molar-refractivity contribution in [2.45, 2.75) is 71.0 Å². The molecule has 2 fully saturated rings. The second kappa shape index (κ2) is 7.99. The normalized spacial score (nSPS) is 27.7. The highest BCUT2D eigenvalue weighted by molar-refractivity contribution is 5.84. The van der Waals surface area contributed by atoms with Crippen molar-refractivity contribution in [1.82, 2.24) is 15.1 Å². The Morgan fingerprint density at radius 1 is 1.10 bits per heavy atom. The molecule has 1 N–H and O–H groups in total. The molecule has 116 valence electrons. The molecule has 0 radical (unpaired) electrons. The fourth-order valence-corrected chi connectivity index (χ4v) is 3.49. The molecule has 0 saturated carbocycles. The molecule has 2 rings (SSSR count). The molecule has 0 aromatic rings. The number of hydrogen-bond acceptors (Lipinski definition) is 3. The van der Waals surface area contributed by atoms with E-state index in [0.29, 0.717) is 5.91 Å². The molecule has 2 saturated heterocycles. The molecule has 0 spiro atoms. The summed E-state index contributed by atoms with van der Waals surface area (Å²) >= 11 is 0. The first-order valence-corrected chi connectivity index (χ1v) is 8.55. The summed E-state index contributed by atoms with van der Waals surface area (Å²) < 4.78 is 0. The molecule has 2 heterocycles. The maximum absolute atomic E-state index is 12.5. The zero-order valence-electron chi connectivity index (χ0n) is 13.2. The van der Waals surface area contributed by atoms with Crippen molar-refractivity contribution in [3.8, 4) is 0 Å². The van der Waals surface area contributed by atoms with E-state index in [2.05, 4.69) is 29.0 Å². The summed E-state index contributed by atoms with van der Waals surface area (Å²) in [6.07, 6.45) is 8.35. The number of nitrogens with zero attached hydrogens (tertiary/aromatic N) is 2. The first-order valence-electron chi connectivity index (χ1n) is 8.55. The maximum atomic E-state index is 12.5. The molecular formula is C16H31N3O. The van der Waals surface area contributed by atoms with Crippen molar-refractivity contribution in [3.05, 3.63) is 0 Å². The van der Waals surface area contributed by atoms with Crippen LogP contribution in [0.1, 0.15) is 58.8 Å². The van der Waals surface area contributed by atoms with Gasteiger partial charge in [0.2, 0.25) is 5.91 Å². The van der Waals surface area contributed by atoms with Crippen LogP contribution in [-0.2, 0) is 4.79 Å². The van der Waals surface area contributed by atoms with E-state index in [1.807, 2.05) is 0 Å². The molecule has 4 nitrogen and oxygen atoms in total. The lowest BCUT2D eigenvalue weighted by molar-refractivity contribution is -0.130. The van der Waals surface area contributed by atoms with Crippen LogP contribution in [0.4, 0.5) is 0 Å². The summed E-state index contributed by atoms with van der Waals surface area (Å²) in [4.78, 5) is 17.1. The monoisotopic (exact) mass is 281 g/mol. The lowest BCUT2D eigenvalue weighted by Crippen LogP contribution is -2.39. The van der Waals surface area contributed by atoms with E-state index in [4.69, 9.17) is 0 Å². The van der Waals surface area contributed by atoms with Gasteiger partial charge in [0.05, 0.1) is 12.2 Å². The number of likely N-dealkylation sites (tertiary alicyclic amines) is 1. The Morgan fingerprint density at radius 2 is 1.80 bits per heavy atom. The Kier molecular flexibility index (Phi) is 6.30. The van der Waals surface area contributed by atoms with Crippen LogP contribution in [0.5, 0.6) is 0 Å². The van der Waals surface area contributed by atoms with Crippen LogP contribution < -0.4 is 5.32 Å². The molecule has 0 aromatic heterocycles. The zero-order chi connectivity index (χ0) is 14.4. The summed E-state index contributed by atoms with van der Waals surface area (Å²) in [6, 6.07) is 0.0725. The van der Waals surface area contributed by atoms with Gasteiger partial charge in [0.25, 0.3) is 0 Å². The van der Waals surface area contributed by atoms with E-state index in [0.717, 1.165) is 45.2 Å². The largest absolute Gasteiger partial charge is 0.326 e. The van der Waals surface area contributed by atoms with Crippen LogP contribution in [0.2, 0.25) is 0 Å². The minimum Gasteiger partial charge on any atom is -0.326 e. The van der Waals surface area contributed by atoms with Gasteiger partial charge in [-0.1, -0.05) is 26.7 Å².